The van der Waals surface area contributed by atoms with Crippen molar-refractivity contribution in [2.24, 2.45) is 0 Å². The van der Waals surface area contributed by atoms with Gasteiger partial charge in [0.05, 0.1) is 5.69 Å². The predicted molar refractivity (Wildman–Crippen MR) is 103 cm³/mol. The molecular formula is C21H22F4N2O2. The number of amides is 2. The number of nitrogens with one attached hydrogen (secondary N) is 1. The van der Waals surface area contributed by atoms with Crippen LogP contribution in [0.3, 0.4) is 0 Å². The molecule has 1 N–H and O–H groups in total. The summed E-state index contributed by atoms with van der Waals surface area (Å²) in [5, 5.41) is 2.42. The average molecular weight is 410 g/mol. The first-order chi connectivity index (χ1) is 13.8. The summed E-state index contributed by atoms with van der Waals surface area (Å²) in [7, 11) is 0. The minimum atomic E-state index is -3.25. The minimum absolute atomic E-state index is 0.0698. The van der Waals surface area contributed by atoms with Crippen LogP contribution in [0.4, 0.5) is 33.7 Å². The molecule has 2 aromatic rings. The zero-order valence-corrected chi connectivity index (χ0v) is 16.1. The molecule has 1 saturated carbocycles. The standard InChI is InChI=1S/C21H22F4N2O2/c1-12(2)14-8-3-4-9-18(14)27(13-6-5-7-13)21(28)26-17-10-15(22)16(23)11-19(17)29-20(24)25/h3-4,8-13,20H,5-7H2,1-2H3,(H,26,28). The Balaban J connectivity index is 1.96. The molecule has 8 heteroatoms. The van der Waals surface area contributed by atoms with E-state index < -0.39 is 30.0 Å². The summed E-state index contributed by atoms with van der Waals surface area (Å²) in [5.41, 5.74) is 1.29. The van der Waals surface area contributed by atoms with Gasteiger partial charge < -0.3 is 10.1 Å². The van der Waals surface area contributed by atoms with Crippen LogP contribution in [0.15, 0.2) is 36.4 Å². The number of rotatable bonds is 6. The Kier molecular flexibility index (Phi) is 6.30. The molecule has 0 radical (unpaired) electrons. The zero-order valence-electron chi connectivity index (χ0n) is 16.1. The normalized spacial score (nSPS) is 14.1. The third-order valence-corrected chi connectivity index (χ3v) is 4.96. The van der Waals surface area contributed by atoms with Crippen molar-refractivity contribution < 1.29 is 27.1 Å². The van der Waals surface area contributed by atoms with Crippen molar-refractivity contribution in [2.45, 2.75) is 51.7 Å². The van der Waals surface area contributed by atoms with Crippen molar-refractivity contribution in [2.75, 3.05) is 10.2 Å². The zero-order chi connectivity index (χ0) is 21.1. The monoisotopic (exact) mass is 410 g/mol. The van der Waals surface area contributed by atoms with Gasteiger partial charge in [0, 0.05) is 23.9 Å². The molecular weight excluding hydrogens is 388 g/mol. The van der Waals surface area contributed by atoms with Crippen LogP contribution in [0, 0.1) is 11.6 Å². The lowest BCUT2D eigenvalue weighted by Crippen LogP contribution is -2.47. The van der Waals surface area contributed by atoms with E-state index in [0.717, 1.165) is 24.8 Å². The lowest BCUT2D eigenvalue weighted by molar-refractivity contribution is -0.0495. The second-order valence-electron chi connectivity index (χ2n) is 7.24. The lowest BCUT2D eigenvalue weighted by atomic mass is 9.90. The number of hydrogen-bond acceptors (Lipinski definition) is 2. The molecule has 29 heavy (non-hydrogen) atoms. The largest absolute Gasteiger partial charge is 0.432 e. The quantitative estimate of drug-likeness (QED) is 0.570. The van der Waals surface area contributed by atoms with Crippen LogP contribution in [0.2, 0.25) is 0 Å². The van der Waals surface area contributed by atoms with Gasteiger partial charge in [0.2, 0.25) is 0 Å². The van der Waals surface area contributed by atoms with E-state index in [4.69, 9.17) is 0 Å². The van der Waals surface area contributed by atoms with E-state index in [-0.39, 0.29) is 17.6 Å². The second-order valence-corrected chi connectivity index (χ2v) is 7.24. The Bertz CT molecular complexity index is 885. The predicted octanol–water partition coefficient (Wildman–Crippen LogP) is 6.28. The SMILES string of the molecule is CC(C)c1ccccc1N(C(=O)Nc1cc(F)c(F)cc1OC(F)F)C1CCC1. The molecule has 0 atom stereocenters. The van der Waals surface area contributed by atoms with Gasteiger partial charge in [0.15, 0.2) is 17.4 Å². The molecule has 156 valence electrons. The number of urea groups is 1. The Morgan fingerprint density at radius 3 is 2.38 bits per heavy atom. The maximum atomic E-state index is 13.7. The van der Waals surface area contributed by atoms with Gasteiger partial charge in [-0.25, -0.2) is 13.6 Å². The van der Waals surface area contributed by atoms with Gasteiger partial charge in [-0.3, -0.25) is 4.90 Å². The molecule has 3 rings (SSSR count). The van der Waals surface area contributed by atoms with Crippen molar-refractivity contribution >= 4 is 17.4 Å². The second kappa shape index (κ2) is 8.71. The van der Waals surface area contributed by atoms with Crippen molar-refractivity contribution in [3.05, 3.63) is 53.6 Å². The molecule has 0 unspecified atom stereocenters. The molecule has 0 aliphatic heterocycles. The minimum Gasteiger partial charge on any atom is -0.432 e. The third-order valence-electron chi connectivity index (χ3n) is 4.96. The molecule has 0 spiro atoms. The van der Waals surface area contributed by atoms with E-state index in [1.165, 1.54) is 0 Å². The highest BCUT2D eigenvalue weighted by Crippen LogP contribution is 2.36. The van der Waals surface area contributed by atoms with Gasteiger partial charge in [-0.2, -0.15) is 8.78 Å². The number of nitrogens with zero attached hydrogens (tertiary/aromatic N) is 1. The van der Waals surface area contributed by atoms with E-state index in [9.17, 15) is 22.4 Å². The smallest absolute Gasteiger partial charge is 0.387 e. The maximum Gasteiger partial charge on any atom is 0.387 e. The highest BCUT2D eigenvalue weighted by molar-refractivity contribution is 6.03. The molecule has 0 bridgehead atoms. The molecule has 0 aromatic heterocycles. The molecule has 2 amide bonds. The van der Waals surface area contributed by atoms with Crippen LogP contribution in [0.1, 0.15) is 44.6 Å². The Morgan fingerprint density at radius 1 is 1.14 bits per heavy atom. The summed E-state index contributed by atoms with van der Waals surface area (Å²) in [6, 6.07) is 7.86. The van der Waals surface area contributed by atoms with Gasteiger partial charge >= 0.3 is 12.6 Å². The first kappa shape index (κ1) is 21.0. The summed E-state index contributed by atoms with van der Waals surface area (Å²) >= 11 is 0. The summed E-state index contributed by atoms with van der Waals surface area (Å²) in [5.74, 6) is -3.13. The summed E-state index contributed by atoms with van der Waals surface area (Å²) in [6.45, 7) is 0.749. The number of anilines is 2. The van der Waals surface area contributed by atoms with Crippen molar-refractivity contribution in [1.82, 2.24) is 0 Å². The molecule has 0 saturated heterocycles. The fourth-order valence-electron chi connectivity index (χ4n) is 3.31. The number of benzene rings is 2. The van der Waals surface area contributed by atoms with Crippen molar-refractivity contribution in [1.29, 1.82) is 0 Å². The average Bonchev–Trinajstić information content (AvgIpc) is 2.61. The van der Waals surface area contributed by atoms with E-state index in [0.29, 0.717) is 17.8 Å². The van der Waals surface area contributed by atoms with Crippen LogP contribution in [0.5, 0.6) is 5.75 Å². The number of alkyl halides is 2. The number of carbonyl (C=O) groups excluding carboxylic acids is 1. The molecule has 4 nitrogen and oxygen atoms in total. The number of para-hydroxylation sites is 1. The maximum absolute atomic E-state index is 13.7. The van der Waals surface area contributed by atoms with Crippen molar-refractivity contribution in [3.63, 3.8) is 0 Å². The fourth-order valence-corrected chi connectivity index (χ4v) is 3.31. The summed E-state index contributed by atoms with van der Waals surface area (Å²) in [6.07, 6.45) is 2.54. The van der Waals surface area contributed by atoms with Crippen LogP contribution in [0.25, 0.3) is 0 Å². The topological polar surface area (TPSA) is 41.6 Å². The molecule has 2 aromatic carbocycles. The number of ether oxygens (including phenoxy) is 1. The fraction of sp³-hybridized carbons (Fsp3) is 0.381. The number of carbonyl (C=O) groups is 1. The first-order valence-electron chi connectivity index (χ1n) is 9.41. The third kappa shape index (κ3) is 4.63. The molecule has 1 fully saturated rings. The van der Waals surface area contributed by atoms with E-state index in [1.54, 1.807) is 4.90 Å². The lowest BCUT2D eigenvalue weighted by Gasteiger charge is -2.39. The van der Waals surface area contributed by atoms with Gasteiger partial charge in [-0.05, 0) is 36.8 Å². The van der Waals surface area contributed by atoms with Crippen LogP contribution in [-0.4, -0.2) is 18.7 Å². The number of halogens is 4. The Hall–Kier alpha value is -2.77. The van der Waals surface area contributed by atoms with E-state index in [1.807, 2.05) is 38.1 Å². The molecule has 1 aliphatic carbocycles. The van der Waals surface area contributed by atoms with Crippen molar-refractivity contribution in [3.8, 4) is 5.75 Å². The Morgan fingerprint density at radius 2 is 1.79 bits per heavy atom. The van der Waals surface area contributed by atoms with Gasteiger partial charge in [-0.1, -0.05) is 32.0 Å². The van der Waals surface area contributed by atoms with Crippen LogP contribution < -0.4 is 15.0 Å². The molecule has 1 aliphatic rings. The first-order valence-corrected chi connectivity index (χ1v) is 9.41. The summed E-state index contributed by atoms with van der Waals surface area (Å²) in [4.78, 5) is 14.7. The van der Waals surface area contributed by atoms with Gasteiger partial charge in [0.25, 0.3) is 0 Å². The van der Waals surface area contributed by atoms with Crippen LogP contribution >= 0.6 is 0 Å². The van der Waals surface area contributed by atoms with Gasteiger partial charge in [-0.15, -0.1) is 0 Å². The van der Waals surface area contributed by atoms with Gasteiger partial charge in [0.1, 0.15) is 0 Å². The van der Waals surface area contributed by atoms with E-state index in [2.05, 4.69) is 10.1 Å². The van der Waals surface area contributed by atoms with Crippen LogP contribution in [-0.2, 0) is 0 Å². The van der Waals surface area contributed by atoms with E-state index >= 15 is 0 Å². The number of hydrogen-bond donors (Lipinski definition) is 1. The summed E-state index contributed by atoms with van der Waals surface area (Å²) < 4.78 is 56.8. The Labute approximate surface area is 166 Å². The highest BCUT2D eigenvalue weighted by Gasteiger charge is 2.32. The molecule has 0 heterocycles. The highest BCUT2D eigenvalue weighted by atomic mass is 19.3.